The highest BCUT2D eigenvalue weighted by atomic mass is 79.9. The van der Waals surface area contributed by atoms with Crippen molar-refractivity contribution in [3.8, 4) is 5.75 Å². The van der Waals surface area contributed by atoms with E-state index in [2.05, 4.69) is 28.1 Å². The van der Waals surface area contributed by atoms with Crippen LogP contribution in [0, 0.1) is 23.7 Å². The Morgan fingerprint density at radius 3 is 2.10 bits per heavy atom. The van der Waals surface area contributed by atoms with Gasteiger partial charge in [-0.2, -0.15) is 0 Å². The molecule has 5 nitrogen and oxygen atoms in total. The molecule has 0 unspecified atom stereocenters. The number of ether oxygens (including phenoxy) is 1. The number of carbonyl (C=O) groups excluding carboxylic acids is 3. The van der Waals surface area contributed by atoms with E-state index in [4.69, 9.17) is 4.74 Å². The zero-order valence-corrected chi connectivity index (χ0v) is 17.0. The van der Waals surface area contributed by atoms with Gasteiger partial charge in [-0.3, -0.25) is 19.3 Å². The maximum Gasteiger partial charge on any atom is 0.238 e. The number of anilines is 1. The summed E-state index contributed by atoms with van der Waals surface area (Å²) in [5.74, 6) is 0.153. The maximum atomic E-state index is 12.9. The van der Waals surface area contributed by atoms with E-state index in [1.807, 2.05) is 12.1 Å². The van der Waals surface area contributed by atoms with Crippen molar-refractivity contribution in [2.75, 3.05) is 11.5 Å². The van der Waals surface area contributed by atoms with Crippen molar-refractivity contribution in [2.24, 2.45) is 23.7 Å². The number of fused-ring (bicyclic) bond motifs is 5. The monoisotopic (exact) mass is 451 g/mol. The normalized spacial score (nSPS) is 26.9. The van der Waals surface area contributed by atoms with Gasteiger partial charge in [0.25, 0.3) is 0 Å². The predicted molar refractivity (Wildman–Crippen MR) is 111 cm³/mol. The molecule has 1 saturated carbocycles. The first-order valence-corrected chi connectivity index (χ1v) is 10.4. The molecule has 0 radical (unpaired) electrons. The molecule has 1 saturated heterocycles. The number of benzene rings is 2. The maximum absolute atomic E-state index is 12.9. The van der Waals surface area contributed by atoms with E-state index >= 15 is 0 Å². The number of Topliss-reactive ketones (excluding diaryl/α,β-unsaturated/α-hetero) is 1. The Bertz CT molecular complexity index is 998. The molecule has 2 aliphatic carbocycles. The van der Waals surface area contributed by atoms with Gasteiger partial charge in [0.2, 0.25) is 11.8 Å². The molecule has 0 spiro atoms. The smallest absolute Gasteiger partial charge is 0.238 e. The second-order valence-corrected chi connectivity index (χ2v) is 8.64. The van der Waals surface area contributed by atoms with Crippen LogP contribution in [0.2, 0.25) is 0 Å². The number of amides is 2. The van der Waals surface area contributed by atoms with Crippen molar-refractivity contribution in [2.45, 2.75) is 6.42 Å². The number of allylic oxidation sites excluding steroid dienone is 2. The molecule has 0 N–H and O–H groups in total. The third-order valence-electron chi connectivity index (χ3n) is 6.10. The molecule has 0 aromatic heterocycles. The van der Waals surface area contributed by atoms with Crippen LogP contribution < -0.4 is 9.64 Å². The fourth-order valence-electron chi connectivity index (χ4n) is 4.72. The molecule has 2 aromatic rings. The van der Waals surface area contributed by atoms with E-state index in [1.165, 1.54) is 4.90 Å². The summed E-state index contributed by atoms with van der Waals surface area (Å²) in [6, 6.07) is 13.9. The van der Waals surface area contributed by atoms with E-state index < -0.39 is 0 Å². The summed E-state index contributed by atoms with van der Waals surface area (Å²) in [6.07, 6.45) is 5.08. The van der Waals surface area contributed by atoms with Gasteiger partial charge in [-0.15, -0.1) is 0 Å². The Kier molecular flexibility index (Phi) is 4.39. The third-order valence-corrected chi connectivity index (χ3v) is 6.63. The summed E-state index contributed by atoms with van der Waals surface area (Å²) < 4.78 is 6.49. The lowest BCUT2D eigenvalue weighted by Gasteiger charge is -2.17. The van der Waals surface area contributed by atoms with Gasteiger partial charge in [0.15, 0.2) is 12.4 Å². The fourth-order valence-corrected chi connectivity index (χ4v) is 4.98. The third kappa shape index (κ3) is 3.02. The molecule has 6 heteroatoms. The highest BCUT2D eigenvalue weighted by Crippen LogP contribution is 2.53. The van der Waals surface area contributed by atoms with Gasteiger partial charge in [0, 0.05) is 10.0 Å². The lowest BCUT2D eigenvalue weighted by molar-refractivity contribution is -0.123. The van der Waals surface area contributed by atoms with Crippen LogP contribution in [0.1, 0.15) is 16.8 Å². The molecule has 5 rings (SSSR count). The molecule has 146 valence electrons. The highest BCUT2D eigenvalue weighted by molar-refractivity contribution is 9.10. The minimum atomic E-state index is -0.211. The molecule has 2 aromatic carbocycles. The van der Waals surface area contributed by atoms with Crippen LogP contribution in [0.15, 0.2) is 65.2 Å². The molecule has 29 heavy (non-hydrogen) atoms. The highest BCUT2D eigenvalue weighted by Gasteiger charge is 2.59. The standard InChI is InChI=1S/C23H18BrNO4/c24-16-5-3-13(4-6-16)19(26)12-29-18-9-7-17(8-10-18)25-22(27)20-14-1-2-15(11-14)21(20)23(25)28/h1-10,14-15,20-21H,11-12H2/t14-,15+,20+,21-. The van der Waals surface area contributed by atoms with Crippen molar-refractivity contribution in [1.29, 1.82) is 0 Å². The summed E-state index contributed by atoms with van der Waals surface area (Å²) in [7, 11) is 0. The zero-order chi connectivity index (χ0) is 20.1. The molecular weight excluding hydrogens is 434 g/mol. The molecule has 4 atom stereocenters. The van der Waals surface area contributed by atoms with E-state index in [9.17, 15) is 14.4 Å². The summed E-state index contributed by atoms with van der Waals surface area (Å²) in [5, 5.41) is 0. The van der Waals surface area contributed by atoms with Crippen LogP contribution >= 0.6 is 15.9 Å². The first kappa shape index (κ1) is 18.3. The Balaban J connectivity index is 1.26. The number of halogens is 1. The van der Waals surface area contributed by atoms with Crippen molar-refractivity contribution in [1.82, 2.24) is 0 Å². The first-order valence-electron chi connectivity index (χ1n) is 9.61. The fraction of sp³-hybridized carbons (Fsp3) is 0.261. The van der Waals surface area contributed by atoms with Crippen molar-refractivity contribution in [3.63, 3.8) is 0 Å². The van der Waals surface area contributed by atoms with Gasteiger partial charge in [-0.25, -0.2) is 0 Å². The van der Waals surface area contributed by atoms with E-state index in [0.717, 1.165) is 10.9 Å². The molecule has 1 heterocycles. The summed E-state index contributed by atoms with van der Waals surface area (Å²) in [6.45, 7) is -0.0816. The second kappa shape index (κ2) is 6.95. The Hall–Kier alpha value is -2.73. The lowest BCUT2D eigenvalue weighted by atomic mass is 9.85. The molecule has 2 fully saturated rings. The Morgan fingerprint density at radius 2 is 1.52 bits per heavy atom. The zero-order valence-electron chi connectivity index (χ0n) is 15.5. The molecular formula is C23H18BrNO4. The average Bonchev–Trinajstić information content (AvgIpc) is 3.41. The molecule has 3 aliphatic rings. The quantitative estimate of drug-likeness (QED) is 0.391. The number of carbonyl (C=O) groups is 3. The SMILES string of the molecule is O=C(COc1ccc(N2C(=O)[C@@H]3[C@H](C2=O)[C@H]2C=C[C@@H]3C2)cc1)c1ccc(Br)cc1. The second-order valence-electron chi connectivity index (χ2n) is 7.72. The number of hydrogen-bond acceptors (Lipinski definition) is 4. The molecule has 2 bridgehead atoms. The number of nitrogens with zero attached hydrogens (tertiary/aromatic N) is 1. The van der Waals surface area contributed by atoms with Crippen LogP contribution in [0.4, 0.5) is 5.69 Å². The topological polar surface area (TPSA) is 63.7 Å². The van der Waals surface area contributed by atoms with Gasteiger partial charge in [-0.05, 0) is 54.7 Å². The number of ketones is 1. The Labute approximate surface area is 176 Å². The minimum Gasteiger partial charge on any atom is -0.485 e. The van der Waals surface area contributed by atoms with Crippen molar-refractivity contribution < 1.29 is 19.1 Å². The van der Waals surface area contributed by atoms with Gasteiger partial charge in [0.05, 0.1) is 17.5 Å². The van der Waals surface area contributed by atoms with Gasteiger partial charge < -0.3 is 4.74 Å². The predicted octanol–water partition coefficient (Wildman–Crippen LogP) is 4.02. The first-order chi connectivity index (χ1) is 14.0. The number of hydrogen-bond donors (Lipinski definition) is 0. The van der Waals surface area contributed by atoms with E-state index in [1.54, 1.807) is 36.4 Å². The van der Waals surface area contributed by atoms with Gasteiger partial charge in [0.1, 0.15) is 5.75 Å². The van der Waals surface area contributed by atoms with E-state index in [0.29, 0.717) is 17.0 Å². The van der Waals surface area contributed by atoms with Crippen LogP contribution in [-0.4, -0.2) is 24.2 Å². The van der Waals surface area contributed by atoms with E-state index in [-0.39, 0.29) is 47.9 Å². The number of imide groups is 1. The largest absolute Gasteiger partial charge is 0.485 e. The lowest BCUT2D eigenvalue weighted by Crippen LogP contribution is -2.32. The molecule has 1 aliphatic heterocycles. The molecule has 2 amide bonds. The Morgan fingerprint density at radius 1 is 0.931 bits per heavy atom. The summed E-state index contributed by atoms with van der Waals surface area (Å²) >= 11 is 3.34. The minimum absolute atomic E-state index is 0.0816. The van der Waals surface area contributed by atoms with Crippen LogP contribution in [0.3, 0.4) is 0 Å². The van der Waals surface area contributed by atoms with Gasteiger partial charge >= 0.3 is 0 Å². The van der Waals surface area contributed by atoms with Crippen molar-refractivity contribution in [3.05, 3.63) is 70.7 Å². The number of rotatable bonds is 5. The van der Waals surface area contributed by atoms with Crippen LogP contribution in [0.5, 0.6) is 5.75 Å². The summed E-state index contributed by atoms with van der Waals surface area (Å²) in [4.78, 5) is 39.3. The average molecular weight is 452 g/mol. The van der Waals surface area contributed by atoms with Crippen molar-refractivity contribution >= 4 is 39.2 Å². The summed E-state index contributed by atoms with van der Waals surface area (Å²) in [5.41, 5.74) is 1.13. The van der Waals surface area contributed by atoms with Crippen LogP contribution in [-0.2, 0) is 9.59 Å². The van der Waals surface area contributed by atoms with Crippen LogP contribution in [0.25, 0.3) is 0 Å². The van der Waals surface area contributed by atoms with Gasteiger partial charge in [-0.1, -0.05) is 40.2 Å².